The largest absolute Gasteiger partial charge is 0.331 e. The molecule has 2 aliphatic heterocycles. The van der Waals surface area contributed by atoms with Gasteiger partial charge in [0.2, 0.25) is 0 Å². The summed E-state index contributed by atoms with van der Waals surface area (Å²) in [4.78, 5) is 16.3. The number of alkyl halides is 2. The smallest absolute Gasteiger partial charge is 0.275 e. The Morgan fingerprint density at radius 3 is 2.77 bits per heavy atom. The number of halogens is 2. The first kappa shape index (κ1) is 17.5. The number of carbonyl (C=O) groups excluding carboxylic acids is 1. The number of hydrogen-bond acceptors (Lipinski definition) is 6. The van der Waals surface area contributed by atoms with Crippen molar-refractivity contribution in [2.75, 3.05) is 19.6 Å². The molecule has 1 saturated heterocycles. The van der Waals surface area contributed by atoms with Crippen LogP contribution in [0, 0.1) is 0 Å². The number of fused-ring (bicyclic) bond motifs is 1. The molecule has 0 aliphatic carbocycles. The van der Waals surface area contributed by atoms with E-state index in [2.05, 4.69) is 13.8 Å². The molecule has 7 nitrogen and oxygen atoms in total. The summed E-state index contributed by atoms with van der Waals surface area (Å²) < 4.78 is 36.4. The van der Waals surface area contributed by atoms with E-state index in [4.69, 9.17) is 0 Å². The molecule has 0 aromatic carbocycles. The molecule has 2 aromatic heterocycles. The van der Waals surface area contributed by atoms with Crippen LogP contribution in [0.2, 0.25) is 0 Å². The van der Waals surface area contributed by atoms with E-state index in [9.17, 15) is 13.6 Å². The molecule has 0 saturated carbocycles. The molecule has 1 fully saturated rings. The van der Waals surface area contributed by atoms with Gasteiger partial charge in [0.1, 0.15) is 0 Å². The summed E-state index contributed by atoms with van der Waals surface area (Å²) in [6, 6.07) is 1.98. The van der Waals surface area contributed by atoms with E-state index in [1.807, 2.05) is 15.6 Å². The number of amides is 1. The molecule has 0 unspecified atom stereocenters. The number of piperidine rings is 1. The third-order valence-electron chi connectivity index (χ3n) is 4.91. The fraction of sp³-hybridized carbons (Fsp3) is 0.625. The van der Waals surface area contributed by atoms with Gasteiger partial charge in [-0.05, 0) is 12.5 Å². The third kappa shape index (κ3) is 3.75. The van der Waals surface area contributed by atoms with Gasteiger partial charge in [0.05, 0.1) is 35.9 Å². The zero-order chi connectivity index (χ0) is 18.1. The standard InChI is InChI=1S/C16H20F2N6OS/c17-16(18)2-6-22(7-3-16)10-12-8-13-11-23(4-1-5-24(13)20-12)15(25)14-9-19-26-21-14/h8-9H,1-7,10-11H2. The average Bonchev–Trinajstić information content (AvgIpc) is 3.22. The van der Waals surface area contributed by atoms with Crippen molar-refractivity contribution in [3.8, 4) is 0 Å². The molecule has 4 rings (SSSR count). The highest BCUT2D eigenvalue weighted by Crippen LogP contribution is 2.28. The first-order valence-electron chi connectivity index (χ1n) is 8.73. The van der Waals surface area contributed by atoms with Gasteiger partial charge in [-0.25, -0.2) is 8.78 Å². The first-order valence-corrected chi connectivity index (χ1v) is 9.46. The van der Waals surface area contributed by atoms with Crippen LogP contribution >= 0.6 is 11.7 Å². The lowest BCUT2D eigenvalue weighted by molar-refractivity contribution is -0.0568. The van der Waals surface area contributed by atoms with Gasteiger partial charge in [-0.1, -0.05) is 0 Å². The highest BCUT2D eigenvalue weighted by atomic mass is 32.1. The fourth-order valence-corrected chi connectivity index (χ4v) is 3.87. The lowest BCUT2D eigenvalue weighted by atomic mass is 10.1. The Morgan fingerprint density at radius 1 is 1.23 bits per heavy atom. The van der Waals surface area contributed by atoms with Gasteiger partial charge in [0.25, 0.3) is 11.8 Å². The number of likely N-dealkylation sites (tertiary alicyclic amines) is 1. The van der Waals surface area contributed by atoms with E-state index in [0.29, 0.717) is 38.4 Å². The van der Waals surface area contributed by atoms with Crippen LogP contribution in [0.5, 0.6) is 0 Å². The zero-order valence-electron chi connectivity index (χ0n) is 14.3. The minimum Gasteiger partial charge on any atom is -0.331 e. The summed E-state index contributed by atoms with van der Waals surface area (Å²) in [5, 5.41) is 4.62. The summed E-state index contributed by atoms with van der Waals surface area (Å²) in [5.41, 5.74) is 2.21. The maximum Gasteiger partial charge on any atom is 0.275 e. The number of aromatic nitrogens is 4. The first-order chi connectivity index (χ1) is 12.5. The van der Waals surface area contributed by atoms with E-state index in [0.717, 1.165) is 36.1 Å². The van der Waals surface area contributed by atoms with Crippen molar-refractivity contribution in [1.82, 2.24) is 28.3 Å². The molecule has 0 N–H and O–H groups in total. The van der Waals surface area contributed by atoms with Crippen LogP contribution in [0.4, 0.5) is 8.78 Å². The van der Waals surface area contributed by atoms with Crippen LogP contribution in [-0.2, 0) is 19.6 Å². The second-order valence-corrected chi connectivity index (χ2v) is 7.41. The molecule has 0 radical (unpaired) electrons. The Kier molecular flexibility index (Phi) is 4.70. The molecule has 26 heavy (non-hydrogen) atoms. The summed E-state index contributed by atoms with van der Waals surface area (Å²) >= 11 is 1.02. The van der Waals surface area contributed by atoms with Crippen LogP contribution in [0.15, 0.2) is 12.3 Å². The van der Waals surface area contributed by atoms with Crippen molar-refractivity contribution in [3.63, 3.8) is 0 Å². The molecule has 2 aromatic rings. The molecule has 0 atom stereocenters. The van der Waals surface area contributed by atoms with E-state index in [1.165, 1.54) is 6.20 Å². The molecular formula is C16H20F2N6OS. The molecule has 10 heteroatoms. The van der Waals surface area contributed by atoms with Gasteiger partial charge in [-0.3, -0.25) is 14.4 Å². The molecule has 1 amide bonds. The van der Waals surface area contributed by atoms with Crippen LogP contribution in [0.25, 0.3) is 0 Å². The van der Waals surface area contributed by atoms with Gasteiger partial charge in [0.15, 0.2) is 5.69 Å². The normalized spacial score (nSPS) is 20.6. The minimum absolute atomic E-state index is 0.0927. The van der Waals surface area contributed by atoms with Gasteiger partial charge < -0.3 is 4.90 Å². The summed E-state index contributed by atoms with van der Waals surface area (Å²) in [6.45, 7) is 3.21. The highest BCUT2D eigenvalue weighted by Gasteiger charge is 2.34. The molecule has 0 bridgehead atoms. The third-order valence-corrected chi connectivity index (χ3v) is 5.38. The van der Waals surface area contributed by atoms with Crippen molar-refractivity contribution >= 4 is 17.6 Å². The van der Waals surface area contributed by atoms with Crippen LogP contribution < -0.4 is 0 Å². The number of hydrogen-bond donors (Lipinski definition) is 0. The Balaban J connectivity index is 1.43. The number of aryl methyl sites for hydroxylation is 1. The highest BCUT2D eigenvalue weighted by molar-refractivity contribution is 6.99. The monoisotopic (exact) mass is 382 g/mol. The topological polar surface area (TPSA) is 67.2 Å². The number of rotatable bonds is 3. The van der Waals surface area contributed by atoms with Crippen molar-refractivity contribution in [1.29, 1.82) is 0 Å². The summed E-state index contributed by atoms with van der Waals surface area (Å²) in [7, 11) is 0. The number of nitrogens with zero attached hydrogens (tertiary/aromatic N) is 6. The molecule has 2 aliphatic rings. The molecule has 4 heterocycles. The minimum atomic E-state index is -2.53. The van der Waals surface area contributed by atoms with Crippen molar-refractivity contribution in [3.05, 3.63) is 29.3 Å². The predicted molar refractivity (Wildman–Crippen MR) is 91.0 cm³/mol. The SMILES string of the molecule is O=C(c1cnsn1)N1CCCn2nc(CN3CCC(F)(F)CC3)cc2C1. The van der Waals surface area contributed by atoms with E-state index in [-0.39, 0.29) is 18.7 Å². The predicted octanol–water partition coefficient (Wildman–Crippen LogP) is 2.01. The lowest BCUT2D eigenvalue weighted by Gasteiger charge is -2.31. The van der Waals surface area contributed by atoms with Crippen LogP contribution in [0.3, 0.4) is 0 Å². The quantitative estimate of drug-likeness (QED) is 0.812. The Morgan fingerprint density at radius 2 is 2.04 bits per heavy atom. The zero-order valence-corrected chi connectivity index (χ0v) is 15.1. The van der Waals surface area contributed by atoms with Gasteiger partial charge in [-0.2, -0.15) is 13.8 Å². The molecule has 0 spiro atoms. The van der Waals surface area contributed by atoms with Crippen LogP contribution in [-0.4, -0.2) is 59.8 Å². The van der Waals surface area contributed by atoms with E-state index < -0.39 is 5.92 Å². The van der Waals surface area contributed by atoms with Crippen molar-refractivity contribution < 1.29 is 13.6 Å². The van der Waals surface area contributed by atoms with Gasteiger partial charge in [-0.15, -0.1) is 0 Å². The van der Waals surface area contributed by atoms with Gasteiger partial charge in [0, 0.05) is 45.6 Å². The van der Waals surface area contributed by atoms with Crippen LogP contribution in [0.1, 0.15) is 41.1 Å². The Hall–Kier alpha value is -1.94. The maximum absolute atomic E-state index is 13.3. The lowest BCUT2D eigenvalue weighted by Crippen LogP contribution is -2.38. The molecular weight excluding hydrogens is 362 g/mol. The maximum atomic E-state index is 13.3. The van der Waals surface area contributed by atoms with E-state index in [1.54, 1.807) is 4.90 Å². The second kappa shape index (κ2) is 6.99. The van der Waals surface area contributed by atoms with Crippen molar-refractivity contribution in [2.24, 2.45) is 0 Å². The summed E-state index contributed by atoms with van der Waals surface area (Å²) in [6.07, 6.45) is 2.12. The Bertz CT molecular complexity index is 768. The fourth-order valence-electron chi connectivity index (χ4n) is 3.46. The molecule has 140 valence electrons. The average molecular weight is 382 g/mol. The Labute approximate surface area is 153 Å². The second-order valence-electron chi connectivity index (χ2n) is 6.86. The van der Waals surface area contributed by atoms with Crippen molar-refractivity contribution in [2.45, 2.75) is 44.8 Å². The summed E-state index contributed by atoms with van der Waals surface area (Å²) in [5.74, 6) is -2.65. The van der Waals surface area contributed by atoms with E-state index >= 15 is 0 Å². The number of carbonyl (C=O) groups is 1. The van der Waals surface area contributed by atoms with Gasteiger partial charge >= 0.3 is 0 Å².